The number of hydrogen-bond donors (Lipinski definition) is 0. The molecule has 0 atom stereocenters. The monoisotopic (exact) mass is 178 g/mol. The van der Waals surface area contributed by atoms with E-state index in [1.54, 1.807) is 6.92 Å². The van der Waals surface area contributed by atoms with Gasteiger partial charge in [-0.2, -0.15) is 0 Å². The summed E-state index contributed by atoms with van der Waals surface area (Å²) in [5.74, 6) is -0.150. The Hall–Kier alpha value is -1.31. The SMILES string of the molecule is CCC(=O)OCc1ccccc1C. The number of hydrogen-bond acceptors (Lipinski definition) is 2. The van der Waals surface area contributed by atoms with Gasteiger partial charge in [-0.3, -0.25) is 4.79 Å². The summed E-state index contributed by atoms with van der Waals surface area (Å²) in [7, 11) is 0. The van der Waals surface area contributed by atoms with Crippen LogP contribution >= 0.6 is 0 Å². The van der Waals surface area contributed by atoms with Crippen LogP contribution in [0.5, 0.6) is 0 Å². The predicted octanol–water partition coefficient (Wildman–Crippen LogP) is 2.45. The summed E-state index contributed by atoms with van der Waals surface area (Å²) in [5.41, 5.74) is 2.23. The average Bonchev–Trinajstić information content (AvgIpc) is 2.16. The summed E-state index contributed by atoms with van der Waals surface area (Å²) < 4.78 is 5.02. The second-order valence-corrected chi connectivity index (χ2v) is 2.94. The van der Waals surface area contributed by atoms with E-state index in [9.17, 15) is 4.79 Å². The average molecular weight is 178 g/mol. The van der Waals surface area contributed by atoms with Gasteiger partial charge in [-0.1, -0.05) is 31.2 Å². The Balaban J connectivity index is 2.54. The van der Waals surface area contributed by atoms with Crippen molar-refractivity contribution < 1.29 is 9.53 Å². The molecule has 13 heavy (non-hydrogen) atoms. The smallest absolute Gasteiger partial charge is 0.305 e. The molecule has 2 heteroatoms. The molecular formula is C11H14O2. The van der Waals surface area contributed by atoms with Gasteiger partial charge in [-0.15, -0.1) is 0 Å². The summed E-state index contributed by atoms with van der Waals surface area (Å²) in [6, 6.07) is 7.90. The van der Waals surface area contributed by atoms with Crippen LogP contribution in [0.2, 0.25) is 0 Å². The van der Waals surface area contributed by atoms with Crippen molar-refractivity contribution in [3.05, 3.63) is 35.4 Å². The molecule has 2 nitrogen and oxygen atoms in total. The summed E-state index contributed by atoms with van der Waals surface area (Å²) in [5, 5.41) is 0. The van der Waals surface area contributed by atoms with Crippen LogP contribution in [0.25, 0.3) is 0 Å². The molecule has 0 radical (unpaired) electrons. The van der Waals surface area contributed by atoms with Crippen LogP contribution in [0.1, 0.15) is 24.5 Å². The topological polar surface area (TPSA) is 26.3 Å². The Morgan fingerprint density at radius 3 is 2.69 bits per heavy atom. The van der Waals surface area contributed by atoms with Crippen molar-refractivity contribution in [1.82, 2.24) is 0 Å². The fraction of sp³-hybridized carbons (Fsp3) is 0.364. The van der Waals surface area contributed by atoms with Crippen molar-refractivity contribution in [1.29, 1.82) is 0 Å². The quantitative estimate of drug-likeness (QED) is 0.664. The van der Waals surface area contributed by atoms with Gasteiger partial charge < -0.3 is 4.74 Å². The molecule has 0 fully saturated rings. The van der Waals surface area contributed by atoms with Gasteiger partial charge in [-0.25, -0.2) is 0 Å². The zero-order valence-corrected chi connectivity index (χ0v) is 8.04. The van der Waals surface area contributed by atoms with E-state index < -0.39 is 0 Å². The molecule has 0 bridgehead atoms. The van der Waals surface area contributed by atoms with Gasteiger partial charge >= 0.3 is 5.97 Å². The number of ether oxygens (including phenoxy) is 1. The van der Waals surface area contributed by atoms with E-state index in [2.05, 4.69) is 0 Å². The molecule has 0 aliphatic rings. The zero-order valence-electron chi connectivity index (χ0n) is 8.04. The zero-order chi connectivity index (χ0) is 9.68. The molecule has 0 aliphatic heterocycles. The molecule has 0 N–H and O–H groups in total. The van der Waals surface area contributed by atoms with Crippen LogP contribution < -0.4 is 0 Å². The first-order valence-electron chi connectivity index (χ1n) is 4.44. The molecule has 0 heterocycles. The van der Waals surface area contributed by atoms with Crippen molar-refractivity contribution in [3.63, 3.8) is 0 Å². The van der Waals surface area contributed by atoms with E-state index in [-0.39, 0.29) is 5.97 Å². The fourth-order valence-electron chi connectivity index (χ4n) is 1.03. The van der Waals surface area contributed by atoms with Gasteiger partial charge in [0, 0.05) is 6.42 Å². The summed E-state index contributed by atoms with van der Waals surface area (Å²) in [6.45, 7) is 4.19. The predicted molar refractivity (Wildman–Crippen MR) is 51.3 cm³/mol. The molecule has 0 saturated carbocycles. The Kier molecular flexibility index (Phi) is 3.50. The van der Waals surface area contributed by atoms with Gasteiger partial charge in [0.15, 0.2) is 0 Å². The Morgan fingerprint density at radius 2 is 2.08 bits per heavy atom. The van der Waals surface area contributed by atoms with Crippen molar-refractivity contribution in [3.8, 4) is 0 Å². The Bertz CT molecular complexity index is 292. The highest BCUT2D eigenvalue weighted by Crippen LogP contribution is 2.08. The molecule has 1 aromatic rings. The molecule has 0 spiro atoms. The number of esters is 1. The van der Waals surface area contributed by atoms with Crippen molar-refractivity contribution >= 4 is 5.97 Å². The Morgan fingerprint density at radius 1 is 1.38 bits per heavy atom. The lowest BCUT2D eigenvalue weighted by atomic mass is 10.1. The summed E-state index contributed by atoms with van der Waals surface area (Å²) >= 11 is 0. The summed E-state index contributed by atoms with van der Waals surface area (Å²) in [6.07, 6.45) is 0.436. The second-order valence-electron chi connectivity index (χ2n) is 2.94. The number of carbonyl (C=O) groups is 1. The molecule has 0 aliphatic carbocycles. The largest absolute Gasteiger partial charge is 0.461 e. The van der Waals surface area contributed by atoms with Crippen molar-refractivity contribution in [2.75, 3.05) is 0 Å². The van der Waals surface area contributed by atoms with E-state index >= 15 is 0 Å². The molecule has 0 aromatic heterocycles. The molecule has 70 valence electrons. The van der Waals surface area contributed by atoms with E-state index in [4.69, 9.17) is 4.74 Å². The van der Waals surface area contributed by atoms with Gasteiger partial charge in [0.05, 0.1) is 0 Å². The number of benzene rings is 1. The van der Waals surface area contributed by atoms with Crippen LogP contribution in [-0.4, -0.2) is 5.97 Å². The summed E-state index contributed by atoms with van der Waals surface area (Å²) in [4.78, 5) is 10.9. The third-order valence-corrected chi connectivity index (χ3v) is 1.94. The van der Waals surface area contributed by atoms with Crippen LogP contribution in [0.15, 0.2) is 24.3 Å². The second kappa shape index (κ2) is 4.65. The van der Waals surface area contributed by atoms with E-state index in [0.717, 1.165) is 11.1 Å². The minimum atomic E-state index is -0.150. The maximum atomic E-state index is 10.9. The van der Waals surface area contributed by atoms with E-state index in [1.807, 2.05) is 31.2 Å². The first kappa shape index (κ1) is 9.78. The van der Waals surface area contributed by atoms with Gasteiger partial charge in [0.1, 0.15) is 6.61 Å². The standard InChI is InChI=1S/C11H14O2/c1-3-11(12)13-8-10-7-5-4-6-9(10)2/h4-7H,3,8H2,1-2H3. The van der Waals surface area contributed by atoms with Crippen LogP contribution in [0.3, 0.4) is 0 Å². The highest BCUT2D eigenvalue weighted by atomic mass is 16.5. The van der Waals surface area contributed by atoms with Gasteiger partial charge in [-0.05, 0) is 18.1 Å². The Labute approximate surface area is 78.5 Å². The maximum Gasteiger partial charge on any atom is 0.305 e. The minimum Gasteiger partial charge on any atom is -0.461 e. The lowest BCUT2D eigenvalue weighted by molar-refractivity contribution is -0.144. The molecule has 1 rings (SSSR count). The van der Waals surface area contributed by atoms with Crippen LogP contribution in [0.4, 0.5) is 0 Å². The molecule has 0 saturated heterocycles. The minimum absolute atomic E-state index is 0.150. The van der Waals surface area contributed by atoms with Crippen LogP contribution in [-0.2, 0) is 16.1 Å². The third-order valence-electron chi connectivity index (χ3n) is 1.94. The molecular weight excluding hydrogens is 164 g/mol. The molecule has 0 unspecified atom stereocenters. The van der Waals surface area contributed by atoms with Gasteiger partial charge in [0.2, 0.25) is 0 Å². The first-order chi connectivity index (χ1) is 6.24. The van der Waals surface area contributed by atoms with Gasteiger partial charge in [0.25, 0.3) is 0 Å². The van der Waals surface area contributed by atoms with E-state index in [0.29, 0.717) is 13.0 Å². The fourth-order valence-corrected chi connectivity index (χ4v) is 1.03. The highest BCUT2D eigenvalue weighted by molar-refractivity contribution is 5.68. The number of carbonyl (C=O) groups excluding carboxylic acids is 1. The lowest BCUT2D eigenvalue weighted by Crippen LogP contribution is -2.03. The highest BCUT2D eigenvalue weighted by Gasteiger charge is 2.00. The maximum absolute atomic E-state index is 10.9. The normalized spacial score (nSPS) is 9.69. The van der Waals surface area contributed by atoms with E-state index in [1.165, 1.54) is 0 Å². The molecule has 1 aromatic carbocycles. The lowest BCUT2D eigenvalue weighted by Gasteiger charge is -2.05. The first-order valence-corrected chi connectivity index (χ1v) is 4.44. The van der Waals surface area contributed by atoms with Crippen molar-refractivity contribution in [2.24, 2.45) is 0 Å². The van der Waals surface area contributed by atoms with Crippen LogP contribution in [0, 0.1) is 6.92 Å². The van der Waals surface area contributed by atoms with Crippen molar-refractivity contribution in [2.45, 2.75) is 26.9 Å². The third kappa shape index (κ3) is 2.90. The molecule has 0 amide bonds. The number of rotatable bonds is 3. The number of aryl methyl sites for hydroxylation is 1.